The van der Waals surface area contributed by atoms with Crippen LogP contribution in [0.1, 0.15) is 13.3 Å². The number of methoxy groups -OCH3 is 1. The van der Waals surface area contributed by atoms with E-state index in [-0.39, 0.29) is 12.5 Å². The first-order valence-corrected chi connectivity index (χ1v) is 4.68. The Hall–Kier alpha value is -0.330. The molecule has 0 amide bonds. The van der Waals surface area contributed by atoms with E-state index in [9.17, 15) is 18.3 Å². The molecule has 92 valence electrons. The molecule has 0 saturated carbocycles. The Bertz CT molecular complexity index is 161. The summed E-state index contributed by atoms with van der Waals surface area (Å²) in [6.07, 6.45) is -4.63. The van der Waals surface area contributed by atoms with E-state index in [1.807, 2.05) is 0 Å². The van der Waals surface area contributed by atoms with Gasteiger partial charge in [-0.3, -0.25) is 0 Å². The molecule has 0 aliphatic carbocycles. The van der Waals surface area contributed by atoms with Crippen molar-refractivity contribution in [2.45, 2.75) is 25.6 Å². The van der Waals surface area contributed by atoms with Gasteiger partial charge < -0.3 is 14.6 Å². The maximum Gasteiger partial charge on any atom is 0.411 e. The molecule has 2 atom stereocenters. The molecule has 0 bridgehead atoms. The lowest BCUT2D eigenvalue weighted by molar-refractivity contribution is -0.180. The summed E-state index contributed by atoms with van der Waals surface area (Å²) in [4.78, 5) is 0. The van der Waals surface area contributed by atoms with Crippen molar-refractivity contribution in [1.82, 2.24) is 0 Å². The molecule has 0 radical (unpaired) electrons. The molecule has 3 nitrogen and oxygen atoms in total. The minimum Gasteiger partial charge on any atom is -0.390 e. The standard InChI is InChI=1S/C9H17F3O3/c1-7(3-4-14-2)8(13)5-15-6-9(10,11)12/h7-8,13H,3-6H2,1-2H3. The highest BCUT2D eigenvalue weighted by atomic mass is 19.4. The molecule has 0 fully saturated rings. The molecular formula is C9H17F3O3. The van der Waals surface area contributed by atoms with Crippen molar-refractivity contribution in [3.63, 3.8) is 0 Å². The average Bonchev–Trinajstić information content (AvgIpc) is 2.11. The Labute approximate surface area is 87.2 Å². The van der Waals surface area contributed by atoms with Crippen molar-refractivity contribution in [3.8, 4) is 0 Å². The van der Waals surface area contributed by atoms with Gasteiger partial charge in [0.05, 0.1) is 12.7 Å². The summed E-state index contributed by atoms with van der Waals surface area (Å²) in [7, 11) is 1.53. The monoisotopic (exact) mass is 230 g/mol. The maximum atomic E-state index is 11.7. The van der Waals surface area contributed by atoms with Gasteiger partial charge >= 0.3 is 6.18 Å². The van der Waals surface area contributed by atoms with Gasteiger partial charge in [-0.1, -0.05) is 6.92 Å². The smallest absolute Gasteiger partial charge is 0.390 e. The second-order valence-corrected chi connectivity index (χ2v) is 3.46. The van der Waals surface area contributed by atoms with Crippen LogP contribution in [0.25, 0.3) is 0 Å². The number of aliphatic hydroxyl groups excluding tert-OH is 1. The van der Waals surface area contributed by atoms with E-state index in [0.717, 1.165) is 0 Å². The SMILES string of the molecule is COCCC(C)C(O)COCC(F)(F)F. The van der Waals surface area contributed by atoms with Gasteiger partial charge in [0, 0.05) is 13.7 Å². The van der Waals surface area contributed by atoms with Crippen molar-refractivity contribution in [1.29, 1.82) is 0 Å². The molecule has 1 N–H and O–H groups in total. The molecule has 0 aliphatic rings. The molecule has 0 rings (SSSR count). The quantitative estimate of drug-likeness (QED) is 0.722. The average molecular weight is 230 g/mol. The molecule has 15 heavy (non-hydrogen) atoms. The Balaban J connectivity index is 3.59. The van der Waals surface area contributed by atoms with Gasteiger partial charge in [-0.2, -0.15) is 13.2 Å². The Kier molecular flexibility index (Phi) is 6.87. The van der Waals surface area contributed by atoms with Crippen molar-refractivity contribution >= 4 is 0 Å². The third-order valence-electron chi connectivity index (χ3n) is 1.99. The summed E-state index contributed by atoms with van der Waals surface area (Å²) in [5.74, 6) is -0.141. The summed E-state index contributed by atoms with van der Waals surface area (Å²) in [5.41, 5.74) is 0. The van der Waals surface area contributed by atoms with Crippen molar-refractivity contribution in [3.05, 3.63) is 0 Å². The third-order valence-corrected chi connectivity index (χ3v) is 1.99. The highest BCUT2D eigenvalue weighted by molar-refractivity contribution is 4.63. The topological polar surface area (TPSA) is 38.7 Å². The summed E-state index contributed by atoms with van der Waals surface area (Å²) in [6.45, 7) is 0.587. The molecule has 6 heteroatoms. The number of aliphatic hydroxyl groups is 1. The van der Waals surface area contributed by atoms with E-state index < -0.39 is 18.9 Å². The first-order chi connectivity index (χ1) is 6.87. The molecular weight excluding hydrogens is 213 g/mol. The van der Waals surface area contributed by atoms with Gasteiger partial charge in [0.25, 0.3) is 0 Å². The number of halogens is 3. The van der Waals surface area contributed by atoms with Gasteiger partial charge in [-0.05, 0) is 12.3 Å². The lowest BCUT2D eigenvalue weighted by Crippen LogP contribution is -2.27. The lowest BCUT2D eigenvalue weighted by atomic mass is 10.0. The predicted molar refractivity (Wildman–Crippen MR) is 48.5 cm³/mol. The van der Waals surface area contributed by atoms with E-state index in [1.54, 1.807) is 6.92 Å². The normalized spacial score (nSPS) is 16.4. The van der Waals surface area contributed by atoms with Crippen molar-refractivity contribution in [2.75, 3.05) is 26.9 Å². The maximum absolute atomic E-state index is 11.7. The number of hydrogen-bond acceptors (Lipinski definition) is 3. The van der Waals surface area contributed by atoms with Crippen LogP contribution in [-0.2, 0) is 9.47 Å². The molecule has 0 heterocycles. The first-order valence-electron chi connectivity index (χ1n) is 4.68. The van der Waals surface area contributed by atoms with Crippen LogP contribution in [0.15, 0.2) is 0 Å². The van der Waals surface area contributed by atoms with Crippen LogP contribution in [0.3, 0.4) is 0 Å². The van der Waals surface area contributed by atoms with Crippen LogP contribution in [-0.4, -0.2) is 44.3 Å². The van der Waals surface area contributed by atoms with Crippen LogP contribution in [0, 0.1) is 5.92 Å². The van der Waals surface area contributed by atoms with E-state index in [4.69, 9.17) is 4.74 Å². The molecule has 0 spiro atoms. The van der Waals surface area contributed by atoms with Gasteiger partial charge in [-0.25, -0.2) is 0 Å². The Morgan fingerprint density at radius 3 is 2.40 bits per heavy atom. The van der Waals surface area contributed by atoms with Gasteiger partial charge in [0.2, 0.25) is 0 Å². The lowest BCUT2D eigenvalue weighted by Gasteiger charge is -2.18. The summed E-state index contributed by atoms with van der Waals surface area (Å²) < 4.78 is 44.2. The number of alkyl halides is 3. The fourth-order valence-corrected chi connectivity index (χ4v) is 0.956. The van der Waals surface area contributed by atoms with E-state index >= 15 is 0 Å². The minimum absolute atomic E-state index is 0.141. The predicted octanol–water partition coefficient (Wildman–Crippen LogP) is 1.60. The summed E-state index contributed by atoms with van der Waals surface area (Å²) in [5, 5.41) is 9.39. The molecule has 2 unspecified atom stereocenters. The van der Waals surface area contributed by atoms with Crippen molar-refractivity contribution < 1.29 is 27.8 Å². The number of ether oxygens (including phenoxy) is 2. The minimum atomic E-state index is -4.34. The second-order valence-electron chi connectivity index (χ2n) is 3.46. The van der Waals surface area contributed by atoms with Gasteiger partial charge in [-0.15, -0.1) is 0 Å². The van der Waals surface area contributed by atoms with Crippen LogP contribution >= 0.6 is 0 Å². The number of hydrogen-bond donors (Lipinski definition) is 1. The highest BCUT2D eigenvalue weighted by Gasteiger charge is 2.28. The van der Waals surface area contributed by atoms with E-state index in [1.165, 1.54) is 7.11 Å². The van der Waals surface area contributed by atoms with Gasteiger partial charge in [0.15, 0.2) is 0 Å². The zero-order chi connectivity index (χ0) is 11.9. The second kappa shape index (κ2) is 7.03. The molecule has 0 aromatic rings. The van der Waals surface area contributed by atoms with Crippen LogP contribution < -0.4 is 0 Å². The zero-order valence-electron chi connectivity index (χ0n) is 8.88. The highest BCUT2D eigenvalue weighted by Crippen LogP contribution is 2.15. The third kappa shape index (κ3) is 8.65. The van der Waals surface area contributed by atoms with Crippen LogP contribution in [0.4, 0.5) is 13.2 Å². The molecule has 0 aromatic carbocycles. The number of rotatable bonds is 7. The zero-order valence-corrected chi connectivity index (χ0v) is 8.88. The van der Waals surface area contributed by atoms with Crippen molar-refractivity contribution in [2.24, 2.45) is 5.92 Å². The fraction of sp³-hybridized carbons (Fsp3) is 1.00. The van der Waals surface area contributed by atoms with E-state index in [0.29, 0.717) is 13.0 Å². The van der Waals surface area contributed by atoms with Crippen LogP contribution in [0.5, 0.6) is 0 Å². The van der Waals surface area contributed by atoms with Gasteiger partial charge in [0.1, 0.15) is 6.61 Å². The Morgan fingerprint density at radius 1 is 1.33 bits per heavy atom. The summed E-state index contributed by atoms with van der Waals surface area (Å²) >= 11 is 0. The first kappa shape index (κ1) is 14.7. The Morgan fingerprint density at radius 2 is 1.93 bits per heavy atom. The van der Waals surface area contributed by atoms with Crippen LogP contribution in [0.2, 0.25) is 0 Å². The largest absolute Gasteiger partial charge is 0.411 e. The fourth-order valence-electron chi connectivity index (χ4n) is 0.956. The molecule has 0 saturated heterocycles. The van der Waals surface area contributed by atoms with E-state index in [2.05, 4.69) is 4.74 Å². The molecule has 0 aromatic heterocycles. The summed E-state index contributed by atoms with van der Waals surface area (Å²) in [6, 6.07) is 0. The molecule has 0 aliphatic heterocycles.